The molecule has 0 aromatic carbocycles. The van der Waals surface area contributed by atoms with Crippen LogP contribution in [0.4, 0.5) is 0 Å². The molecule has 1 unspecified atom stereocenters. The summed E-state index contributed by atoms with van der Waals surface area (Å²) in [4.78, 5) is 29.0. The zero-order valence-electron chi connectivity index (χ0n) is 13.7. The number of pyridine rings is 1. The summed E-state index contributed by atoms with van der Waals surface area (Å²) < 4.78 is 13.7. The average Bonchev–Trinajstić information content (AvgIpc) is 2.60. The van der Waals surface area contributed by atoms with Gasteiger partial charge in [-0.05, 0) is 25.7 Å². The van der Waals surface area contributed by atoms with E-state index in [2.05, 4.69) is 4.98 Å². The second-order valence-electron chi connectivity index (χ2n) is 5.96. The molecule has 2 aromatic heterocycles. The zero-order valence-corrected chi connectivity index (χ0v) is 13.7. The highest BCUT2D eigenvalue weighted by molar-refractivity contribution is 6.32. The lowest BCUT2D eigenvalue weighted by Crippen LogP contribution is -2.40. The highest BCUT2D eigenvalue weighted by atomic mass is 16.7. The molecule has 0 aliphatic carbocycles. The van der Waals surface area contributed by atoms with E-state index in [1.807, 2.05) is 0 Å². The molecule has 24 heavy (non-hydrogen) atoms. The normalized spacial score (nSPS) is 18.1. The van der Waals surface area contributed by atoms with Crippen molar-refractivity contribution in [2.24, 2.45) is 7.05 Å². The largest absolute Gasteiger partial charge is 0.353 e. The lowest BCUT2D eigenvalue weighted by Gasteiger charge is -2.22. The summed E-state index contributed by atoms with van der Waals surface area (Å²) in [7, 11) is 7.30. The van der Waals surface area contributed by atoms with Gasteiger partial charge in [0.2, 0.25) is 0 Å². The van der Waals surface area contributed by atoms with Crippen molar-refractivity contribution >= 4 is 24.3 Å². The number of hydrogen-bond acceptors (Lipinski definition) is 5. The lowest BCUT2D eigenvalue weighted by atomic mass is 9.98. The fourth-order valence-corrected chi connectivity index (χ4v) is 2.88. The summed E-state index contributed by atoms with van der Waals surface area (Å²) >= 11 is 0. The molecular weight excluding hydrogens is 309 g/mol. The van der Waals surface area contributed by atoms with Gasteiger partial charge < -0.3 is 9.47 Å². The van der Waals surface area contributed by atoms with Gasteiger partial charge in [-0.25, -0.2) is 9.78 Å². The van der Waals surface area contributed by atoms with Gasteiger partial charge in [0.05, 0.1) is 12.0 Å². The van der Waals surface area contributed by atoms with E-state index in [0.717, 1.165) is 25.9 Å². The quantitative estimate of drug-likeness (QED) is 0.562. The number of ether oxygens (including phenoxy) is 2. The molecule has 1 aliphatic rings. The van der Waals surface area contributed by atoms with E-state index < -0.39 is 5.69 Å². The summed E-state index contributed by atoms with van der Waals surface area (Å²) in [5.41, 5.74) is -0.0367. The number of rotatable bonds is 5. The maximum Gasteiger partial charge on any atom is 0.332 e. The van der Waals surface area contributed by atoms with Gasteiger partial charge in [0.15, 0.2) is 6.29 Å². The second-order valence-corrected chi connectivity index (χ2v) is 5.96. The molecule has 0 amide bonds. The van der Waals surface area contributed by atoms with Crippen molar-refractivity contribution in [3.8, 4) is 0 Å². The molecule has 0 saturated carbocycles. The molecule has 1 atom stereocenters. The third kappa shape index (κ3) is 3.44. The van der Waals surface area contributed by atoms with Crippen LogP contribution in [-0.2, 0) is 23.1 Å². The molecular formula is C16H20BN3O4. The van der Waals surface area contributed by atoms with Crippen LogP contribution in [0.2, 0.25) is 0 Å². The predicted octanol–water partition coefficient (Wildman–Crippen LogP) is -0.178. The van der Waals surface area contributed by atoms with Crippen LogP contribution in [0.5, 0.6) is 0 Å². The molecule has 0 bridgehead atoms. The molecule has 0 spiro atoms. The van der Waals surface area contributed by atoms with Gasteiger partial charge in [-0.2, -0.15) is 0 Å². The minimum atomic E-state index is -0.390. The average molecular weight is 329 g/mol. The van der Waals surface area contributed by atoms with Crippen molar-refractivity contribution in [1.29, 1.82) is 0 Å². The van der Waals surface area contributed by atoms with Crippen LogP contribution < -0.4 is 16.7 Å². The van der Waals surface area contributed by atoms with Crippen LogP contribution >= 0.6 is 0 Å². The molecule has 3 rings (SSSR count). The lowest BCUT2D eigenvalue weighted by molar-refractivity contribution is -0.163. The highest BCUT2D eigenvalue weighted by Gasteiger charge is 2.15. The Morgan fingerprint density at radius 2 is 2.25 bits per heavy atom. The molecule has 1 fully saturated rings. The Morgan fingerprint density at radius 3 is 3.00 bits per heavy atom. The summed E-state index contributed by atoms with van der Waals surface area (Å²) in [5.74, 6) is 0. The molecule has 3 heterocycles. The van der Waals surface area contributed by atoms with Crippen molar-refractivity contribution in [2.75, 3.05) is 13.2 Å². The first-order valence-corrected chi connectivity index (χ1v) is 8.16. The van der Waals surface area contributed by atoms with Gasteiger partial charge in [0.25, 0.3) is 5.56 Å². The number of fused-ring (bicyclic) bond motifs is 1. The Kier molecular flexibility index (Phi) is 5.16. The molecule has 8 heteroatoms. The fraction of sp³-hybridized carbons (Fsp3) is 0.562. The summed E-state index contributed by atoms with van der Waals surface area (Å²) in [6, 6.07) is 1.55. The van der Waals surface area contributed by atoms with Gasteiger partial charge in [-0.3, -0.25) is 13.9 Å². The Hall–Kier alpha value is -1.93. The third-order valence-electron chi connectivity index (χ3n) is 4.17. The third-order valence-corrected chi connectivity index (χ3v) is 4.17. The van der Waals surface area contributed by atoms with Crippen LogP contribution in [0.25, 0.3) is 11.0 Å². The first-order valence-electron chi connectivity index (χ1n) is 8.16. The molecule has 7 nitrogen and oxygen atoms in total. The van der Waals surface area contributed by atoms with Gasteiger partial charge in [-0.1, -0.05) is 11.5 Å². The number of aryl methyl sites for hydroxylation is 1. The molecule has 2 aromatic rings. The van der Waals surface area contributed by atoms with Gasteiger partial charge in [-0.15, -0.1) is 0 Å². The van der Waals surface area contributed by atoms with Crippen LogP contribution in [0.15, 0.2) is 21.9 Å². The first kappa shape index (κ1) is 16.9. The minimum Gasteiger partial charge on any atom is -0.353 e. The van der Waals surface area contributed by atoms with Crippen molar-refractivity contribution in [3.63, 3.8) is 0 Å². The van der Waals surface area contributed by atoms with Crippen LogP contribution in [0.3, 0.4) is 0 Å². The smallest absolute Gasteiger partial charge is 0.332 e. The molecule has 1 saturated heterocycles. The maximum atomic E-state index is 12.5. The number of aromatic nitrogens is 3. The van der Waals surface area contributed by atoms with E-state index in [1.165, 1.54) is 15.3 Å². The van der Waals surface area contributed by atoms with E-state index in [-0.39, 0.29) is 18.4 Å². The van der Waals surface area contributed by atoms with Crippen molar-refractivity contribution in [3.05, 3.63) is 33.1 Å². The highest BCUT2D eigenvalue weighted by Crippen LogP contribution is 2.13. The topological polar surface area (TPSA) is 75.4 Å². The number of hydrogen-bond donors (Lipinski definition) is 0. The standard InChI is InChI=1S/C16H20BN3O4/c1-19-14-12(9-11(17)10-18-14)15(21)20(16(19)22)6-4-8-24-13-5-2-3-7-23-13/h9-10,13H,2-8H2,1H3. The van der Waals surface area contributed by atoms with Crippen molar-refractivity contribution in [2.45, 2.75) is 38.5 Å². The van der Waals surface area contributed by atoms with Gasteiger partial charge in [0.1, 0.15) is 13.5 Å². The second kappa shape index (κ2) is 7.31. The molecule has 126 valence electrons. The zero-order chi connectivity index (χ0) is 17.1. The summed E-state index contributed by atoms with van der Waals surface area (Å²) in [6.07, 6.45) is 4.88. The van der Waals surface area contributed by atoms with E-state index in [1.54, 1.807) is 13.1 Å². The van der Waals surface area contributed by atoms with Gasteiger partial charge in [0, 0.05) is 26.4 Å². The summed E-state index contributed by atoms with van der Waals surface area (Å²) in [5, 5.41) is 0.341. The van der Waals surface area contributed by atoms with E-state index in [4.69, 9.17) is 17.3 Å². The van der Waals surface area contributed by atoms with Crippen LogP contribution in [0.1, 0.15) is 25.7 Å². The van der Waals surface area contributed by atoms with Crippen LogP contribution in [0, 0.1) is 0 Å². The van der Waals surface area contributed by atoms with Crippen LogP contribution in [-0.4, -0.2) is 41.5 Å². The monoisotopic (exact) mass is 329 g/mol. The Labute approximate surface area is 140 Å². The summed E-state index contributed by atoms with van der Waals surface area (Å²) in [6.45, 7) is 1.44. The minimum absolute atomic E-state index is 0.168. The SMILES string of the molecule is [B]c1cnc2c(c1)c(=O)n(CCCOC1CCCCO1)c(=O)n2C. The van der Waals surface area contributed by atoms with E-state index >= 15 is 0 Å². The van der Waals surface area contributed by atoms with Crippen molar-refractivity contribution < 1.29 is 9.47 Å². The molecule has 1 aliphatic heterocycles. The van der Waals surface area contributed by atoms with Crippen molar-refractivity contribution in [1.82, 2.24) is 14.1 Å². The number of nitrogens with zero attached hydrogens (tertiary/aromatic N) is 3. The first-order chi connectivity index (χ1) is 11.6. The fourth-order valence-electron chi connectivity index (χ4n) is 2.88. The Morgan fingerprint density at radius 1 is 1.42 bits per heavy atom. The molecule has 0 N–H and O–H groups in total. The van der Waals surface area contributed by atoms with Gasteiger partial charge >= 0.3 is 5.69 Å². The predicted molar refractivity (Wildman–Crippen MR) is 90.8 cm³/mol. The van der Waals surface area contributed by atoms with E-state index in [0.29, 0.717) is 29.5 Å². The molecule has 2 radical (unpaired) electrons. The van der Waals surface area contributed by atoms with E-state index in [9.17, 15) is 9.59 Å². The Bertz CT molecular complexity index is 840. The Balaban J connectivity index is 1.74. The maximum absolute atomic E-state index is 12.5.